The molecule has 31 heavy (non-hydrogen) atoms. The molecule has 3 heterocycles. The van der Waals surface area contributed by atoms with Crippen LogP contribution in [0.2, 0.25) is 0 Å². The number of pyridine rings is 1. The van der Waals surface area contributed by atoms with Crippen molar-refractivity contribution in [1.82, 2.24) is 4.98 Å². The van der Waals surface area contributed by atoms with Gasteiger partial charge in [-0.05, 0) is 47.9 Å². The SMILES string of the molecule is CC(C)c1ccnc(-c2cccc3c2oc2cc4cc(-c5ccccc5)oc4cc23)c1. The second-order valence-corrected chi connectivity index (χ2v) is 8.28. The quantitative estimate of drug-likeness (QED) is 0.299. The van der Waals surface area contributed by atoms with Crippen LogP contribution >= 0.6 is 0 Å². The summed E-state index contributed by atoms with van der Waals surface area (Å²) in [5, 5.41) is 3.16. The monoisotopic (exact) mass is 403 g/mol. The molecular weight excluding hydrogens is 382 g/mol. The lowest BCUT2D eigenvalue weighted by Crippen LogP contribution is -1.90. The molecule has 0 amide bonds. The standard InChI is InChI=1S/C28H21NO2/c1-17(2)19-11-12-29-24(13-19)22-10-6-9-21-23-16-26-20(15-27(23)31-28(21)22)14-25(30-26)18-7-4-3-5-8-18/h3-17H,1-2H3. The second-order valence-electron chi connectivity index (χ2n) is 8.28. The molecule has 6 aromatic rings. The Labute approximate surface area is 179 Å². The van der Waals surface area contributed by atoms with Gasteiger partial charge in [0.05, 0.1) is 5.69 Å². The number of nitrogens with zero attached hydrogens (tertiary/aromatic N) is 1. The molecule has 0 aliphatic heterocycles. The molecule has 150 valence electrons. The summed E-state index contributed by atoms with van der Waals surface area (Å²) in [6, 6.07) is 26.9. The van der Waals surface area contributed by atoms with E-state index in [4.69, 9.17) is 8.83 Å². The average molecular weight is 403 g/mol. The van der Waals surface area contributed by atoms with Crippen LogP contribution in [0.1, 0.15) is 25.3 Å². The molecule has 3 aromatic carbocycles. The third-order valence-electron chi connectivity index (χ3n) is 5.92. The van der Waals surface area contributed by atoms with E-state index in [0.717, 1.165) is 55.5 Å². The van der Waals surface area contributed by atoms with Gasteiger partial charge in [0.2, 0.25) is 0 Å². The molecule has 0 atom stereocenters. The van der Waals surface area contributed by atoms with E-state index in [1.165, 1.54) is 5.56 Å². The summed E-state index contributed by atoms with van der Waals surface area (Å²) in [4.78, 5) is 4.62. The summed E-state index contributed by atoms with van der Waals surface area (Å²) in [6.45, 7) is 4.39. The van der Waals surface area contributed by atoms with Crippen LogP contribution in [0.3, 0.4) is 0 Å². The predicted octanol–water partition coefficient (Wildman–Crippen LogP) is 8.18. The van der Waals surface area contributed by atoms with Crippen molar-refractivity contribution in [2.24, 2.45) is 0 Å². The molecule has 0 saturated carbocycles. The number of fused-ring (bicyclic) bond motifs is 4. The van der Waals surface area contributed by atoms with Crippen LogP contribution in [0.25, 0.3) is 55.5 Å². The molecule has 0 bridgehead atoms. The lowest BCUT2D eigenvalue weighted by Gasteiger charge is -2.07. The number of rotatable bonds is 3. The highest BCUT2D eigenvalue weighted by molar-refractivity contribution is 6.12. The van der Waals surface area contributed by atoms with Gasteiger partial charge in [-0.3, -0.25) is 4.98 Å². The van der Waals surface area contributed by atoms with Gasteiger partial charge in [-0.25, -0.2) is 0 Å². The molecule has 3 nitrogen and oxygen atoms in total. The summed E-state index contributed by atoms with van der Waals surface area (Å²) in [5.74, 6) is 1.31. The van der Waals surface area contributed by atoms with E-state index < -0.39 is 0 Å². The van der Waals surface area contributed by atoms with E-state index in [9.17, 15) is 0 Å². The molecule has 3 aromatic heterocycles. The number of hydrogen-bond acceptors (Lipinski definition) is 3. The molecule has 0 unspecified atom stereocenters. The number of hydrogen-bond donors (Lipinski definition) is 0. The Bertz CT molecular complexity index is 1550. The highest BCUT2D eigenvalue weighted by Gasteiger charge is 2.16. The second kappa shape index (κ2) is 6.85. The minimum atomic E-state index is 0.447. The van der Waals surface area contributed by atoms with E-state index in [-0.39, 0.29) is 0 Å². The van der Waals surface area contributed by atoms with Gasteiger partial charge in [-0.1, -0.05) is 56.3 Å². The van der Waals surface area contributed by atoms with E-state index in [1.807, 2.05) is 24.4 Å². The minimum Gasteiger partial charge on any atom is -0.456 e. The van der Waals surface area contributed by atoms with Crippen molar-refractivity contribution in [2.75, 3.05) is 0 Å². The van der Waals surface area contributed by atoms with Crippen molar-refractivity contribution in [2.45, 2.75) is 19.8 Å². The maximum atomic E-state index is 6.38. The number of benzene rings is 3. The molecule has 0 N–H and O–H groups in total. The van der Waals surface area contributed by atoms with Gasteiger partial charge >= 0.3 is 0 Å². The first-order valence-electron chi connectivity index (χ1n) is 10.6. The van der Waals surface area contributed by atoms with Crippen LogP contribution in [0, 0.1) is 0 Å². The fourth-order valence-corrected chi connectivity index (χ4v) is 4.23. The van der Waals surface area contributed by atoms with Gasteiger partial charge in [-0.2, -0.15) is 0 Å². The van der Waals surface area contributed by atoms with Crippen molar-refractivity contribution in [3.05, 3.63) is 90.6 Å². The fourth-order valence-electron chi connectivity index (χ4n) is 4.23. The van der Waals surface area contributed by atoms with E-state index in [0.29, 0.717) is 5.92 Å². The van der Waals surface area contributed by atoms with Gasteiger partial charge < -0.3 is 8.83 Å². The molecule has 0 aliphatic rings. The number of furan rings is 2. The molecule has 0 fully saturated rings. The number of para-hydroxylation sites is 1. The van der Waals surface area contributed by atoms with Gasteiger partial charge in [-0.15, -0.1) is 0 Å². The zero-order valence-electron chi connectivity index (χ0n) is 17.4. The Morgan fingerprint density at radius 1 is 0.742 bits per heavy atom. The summed E-state index contributed by atoms with van der Waals surface area (Å²) < 4.78 is 12.6. The highest BCUT2D eigenvalue weighted by atomic mass is 16.3. The Morgan fingerprint density at radius 2 is 1.61 bits per heavy atom. The zero-order chi connectivity index (χ0) is 20.9. The zero-order valence-corrected chi connectivity index (χ0v) is 17.4. The minimum absolute atomic E-state index is 0.447. The third-order valence-corrected chi connectivity index (χ3v) is 5.92. The maximum Gasteiger partial charge on any atom is 0.144 e. The Morgan fingerprint density at radius 3 is 2.45 bits per heavy atom. The van der Waals surface area contributed by atoms with Crippen LogP contribution in [0.4, 0.5) is 0 Å². The van der Waals surface area contributed by atoms with Crippen LogP contribution in [0.15, 0.2) is 93.9 Å². The third kappa shape index (κ3) is 2.93. The fraction of sp³-hybridized carbons (Fsp3) is 0.107. The van der Waals surface area contributed by atoms with E-state index in [1.54, 1.807) is 0 Å². The van der Waals surface area contributed by atoms with Crippen LogP contribution in [0.5, 0.6) is 0 Å². The van der Waals surface area contributed by atoms with Gasteiger partial charge in [0.15, 0.2) is 0 Å². The lowest BCUT2D eigenvalue weighted by atomic mass is 10.0. The summed E-state index contributed by atoms with van der Waals surface area (Å²) in [7, 11) is 0. The first-order chi connectivity index (χ1) is 15.2. The van der Waals surface area contributed by atoms with Crippen molar-refractivity contribution in [3.8, 4) is 22.6 Å². The van der Waals surface area contributed by atoms with Crippen molar-refractivity contribution in [3.63, 3.8) is 0 Å². The smallest absolute Gasteiger partial charge is 0.144 e. The normalized spacial score (nSPS) is 11.8. The average Bonchev–Trinajstić information content (AvgIpc) is 3.38. The molecule has 0 aliphatic carbocycles. The Hall–Kier alpha value is -3.85. The first kappa shape index (κ1) is 18.0. The van der Waals surface area contributed by atoms with Gasteiger partial charge in [0.25, 0.3) is 0 Å². The van der Waals surface area contributed by atoms with Crippen LogP contribution in [-0.2, 0) is 0 Å². The molecule has 0 radical (unpaired) electrons. The van der Waals surface area contributed by atoms with Gasteiger partial charge in [0.1, 0.15) is 22.5 Å². The van der Waals surface area contributed by atoms with Gasteiger partial charge in [0, 0.05) is 33.5 Å². The Balaban J connectivity index is 1.55. The summed E-state index contributed by atoms with van der Waals surface area (Å²) >= 11 is 0. The molecular formula is C28H21NO2. The summed E-state index contributed by atoms with van der Waals surface area (Å²) in [6.07, 6.45) is 1.88. The van der Waals surface area contributed by atoms with E-state index >= 15 is 0 Å². The van der Waals surface area contributed by atoms with Crippen molar-refractivity contribution in [1.29, 1.82) is 0 Å². The van der Waals surface area contributed by atoms with Crippen LogP contribution in [-0.4, -0.2) is 4.98 Å². The molecule has 6 rings (SSSR count). The largest absolute Gasteiger partial charge is 0.456 e. The summed E-state index contributed by atoms with van der Waals surface area (Å²) in [5.41, 5.74) is 6.86. The molecule has 0 saturated heterocycles. The maximum absolute atomic E-state index is 6.38. The molecule has 0 spiro atoms. The van der Waals surface area contributed by atoms with Crippen molar-refractivity contribution >= 4 is 32.9 Å². The van der Waals surface area contributed by atoms with Crippen molar-refractivity contribution < 1.29 is 8.83 Å². The number of aromatic nitrogens is 1. The predicted molar refractivity (Wildman–Crippen MR) is 126 cm³/mol. The molecule has 3 heteroatoms. The first-order valence-corrected chi connectivity index (χ1v) is 10.6. The van der Waals surface area contributed by atoms with Crippen LogP contribution < -0.4 is 0 Å². The Kier molecular flexibility index (Phi) is 3.97. The lowest BCUT2D eigenvalue weighted by molar-refractivity contribution is 0.631. The topological polar surface area (TPSA) is 39.2 Å². The highest BCUT2D eigenvalue weighted by Crippen LogP contribution is 2.39. The van der Waals surface area contributed by atoms with E-state index in [2.05, 4.69) is 79.5 Å².